The lowest BCUT2D eigenvalue weighted by Gasteiger charge is -2.20. The van der Waals surface area contributed by atoms with Crippen LogP contribution in [0.2, 0.25) is 0 Å². The Balaban J connectivity index is 1.49. The normalized spacial score (nSPS) is 31.0. The van der Waals surface area contributed by atoms with Gasteiger partial charge in [0.15, 0.2) is 23.2 Å². The van der Waals surface area contributed by atoms with Gasteiger partial charge in [0, 0.05) is 12.0 Å². The maximum atomic E-state index is 12.4. The van der Waals surface area contributed by atoms with Crippen LogP contribution >= 0.6 is 0 Å². The molecule has 0 spiro atoms. The molecule has 5 rings (SSSR count). The van der Waals surface area contributed by atoms with E-state index in [1.165, 1.54) is 17.2 Å². The number of aliphatic hydroxyl groups is 3. The van der Waals surface area contributed by atoms with Crippen LogP contribution in [-0.4, -0.2) is 64.7 Å². The molecule has 0 bridgehead atoms. The summed E-state index contributed by atoms with van der Waals surface area (Å²) in [5.74, 6) is -0.129. The fourth-order valence-corrected chi connectivity index (χ4v) is 3.82. The average Bonchev–Trinajstić information content (AvgIpc) is 3.00. The molecule has 1 aromatic carbocycles. The van der Waals surface area contributed by atoms with Crippen LogP contribution in [0.5, 0.6) is 0 Å². The van der Waals surface area contributed by atoms with E-state index in [9.17, 15) is 20.1 Å². The monoisotopic (exact) mass is 383 g/mol. The van der Waals surface area contributed by atoms with Crippen molar-refractivity contribution in [2.24, 2.45) is 0 Å². The largest absolute Gasteiger partial charge is 0.394 e. The molecule has 1 saturated carbocycles. The van der Waals surface area contributed by atoms with Crippen molar-refractivity contribution in [2.45, 2.75) is 30.0 Å². The average molecular weight is 383 g/mol. The molecule has 2 aromatic heterocycles. The summed E-state index contributed by atoms with van der Waals surface area (Å²) >= 11 is 0. The number of nitrogens with one attached hydrogen (secondary N) is 1. The molecule has 1 amide bonds. The number of imidazole rings is 1. The number of carbonyl (C=O) groups excluding carboxylic acids is 1. The highest BCUT2D eigenvalue weighted by molar-refractivity contribution is 6.06. The molecular formula is C18H17N5O5. The van der Waals surface area contributed by atoms with Gasteiger partial charge in [-0.25, -0.2) is 15.0 Å². The summed E-state index contributed by atoms with van der Waals surface area (Å²) in [6.45, 7) is -0.421. The smallest absolute Gasteiger partial charge is 0.256 e. The number of nitrogens with zero attached hydrogens (tertiary/aromatic N) is 4. The van der Waals surface area contributed by atoms with E-state index in [0.717, 1.165) is 0 Å². The third-order valence-corrected chi connectivity index (χ3v) is 5.44. The third kappa shape index (κ3) is 2.23. The minimum Gasteiger partial charge on any atom is -0.394 e. The van der Waals surface area contributed by atoms with Gasteiger partial charge in [0.25, 0.3) is 5.91 Å². The molecule has 4 atom stereocenters. The molecule has 1 aliphatic carbocycles. The van der Waals surface area contributed by atoms with Gasteiger partial charge in [0.05, 0.1) is 12.9 Å². The second-order valence-corrected chi connectivity index (χ2v) is 7.05. The Morgan fingerprint density at radius 3 is 2.71 bits per heavy atom. The number of carbonyl (C=O) groups is 1. The van der Waals surface area contributed by atoms with Crippen LogP contribution in [0.25, 0.3) is 11.2 Å². The van der Waals surface area contributed by atoms with E-state index in [1.807, 2.05) is 6.07 Å². The molecule has 3 heterocycles. The molecule has 2 fully saturated rings. The second-order valence-electron chi connectivity index (χ2n) is 7.05. The summed E-state index contributed by atoms with van der Waals surface area (Å²) in [6, 6.07) is 8.68. The van der Waals surface area contributed by atoms with E-state index in [1.54, 1.807) is 24.3 Å². The lowest BCUT2D eigenvalue weighted by atomic mass is 10.1. The van der Waals surface area contributed by atoms with Gasteiger partial charge in [-0.05, 0) is 12.1 Å². The van der Waals surface area contributed by atoms with Crippen molar-refractivity contribution in [3.8, 4) is 0 Å². The van der Waals surface area contributed by atoms with E-state index in [0.29, 0.717) is 16.7 Å². The number of ether oxygens (including phenoxy) is 1. The van der Waals surface area contributed by atoms with Crippen LogP contribution in [0.15, 0.2) is 43.0 Å². The summed E-state index contributed by atoms with van der Waals surface area (Å²) < 4.78 is 7.12. The zero-order valence-electron chi connectivity index (χ0n) is 14.6. The van der Waals surface area contributed by atoms with E-state index < -0.39 is 30.1 Å². The minimum atomic E-state index is -1.54. The van der Waals surface area contributed by atoms with Crippen molar-refractivity contribution in [1.82, 2.24) is 19.5 Å². The molecule has 4 N–H and O–H groups in total. The van der Waals surface area contributed by atoms with Crippen molar-refractivity contribution in [1.29, 1.82) is 0 Å². The zero-order chi connectivity index (χ0) is 19.5. The highest BCUT2D eigenvalue weighted by Gasteiger charge is 2.80. The number of anilines is 1. The molecule has 2 aliphatic rings. The Labute approximate surface area is 158 Å². The van der Waals surface area contributed by atoms with Crippen molar-refractivity contribution < 1.29 is 24.9 Å². The summed E-state index contributed by atoms with van der Waals surface area (Å²) in [6.07, 6.45) is 0.880. The summed E-state index contributed by atoms with van der Waals surface area (Å²) in [7, 11) is 0. The van der Waals surface area contributed by atoms with Gasteiger partial charge < -0.3 is 25.4 Å². The van der Waals surface area contributed by atoms with Crippen molar-refractivity contribution in [3.05, 3.63) is 48.5 Å². The van der Waals surface area contributed by atoms with E-state index in [2.05, 4.69) is 20.3 Å². The quantitative estimate of drug-likeness (QED) is 0.487. The second kappa shape index (κ2) is 5.79. The summed E-state index contributed by atoms with van der Waals surface area (Å²) in [4.78, 5) is 25.0. The van der Waals surface area contributed by atoms with Gasteiger partial charge in [-0.15, -0.1) is 0 Å². The summed E-state index contributed by atoms with van der Waals surface area (Å²) in [5, 5.41) is 33.3. The third-order valence-electron chi connectivity index (χ3n) is 5.44. The maximum Gasteiger partial charge on any atom is 0.256 e. The molecular weight excluding hydrogens is 366 g/mol. The first kappa shape index (κ1) is 17.2. The number of amides is 1. The van der Waals surface area contributed by atoms with Crippen LogP contribution in [0, 0.1) is 0 Å². The molecule has 10 heteroatoms. The van der Waals surface area contributed by atoms with Gasteiger partial charge in [0.1, 0.15) is 23.6 Å². The van der Waals surface area contributed by atoms with Crippen molar-refractivity contribution in [3.63, 3.8) is 0 Å². The first-order valence-corrected chi connectivity index (χ1v) is 8.73. The zero-order valence-corrected chi connectivity index (χ0v) is 14.6. The molecule has 0 radical (unpaired) electrons. The SMILES string of the molecule is O=C(Nc1ncnc2c1ncn2[C@@H]1O[C@H](CO)[C@]2(O)C[C@]12O)c1ccccc1. The Bertz CT molecular complexity index is 1070. The molecule has 1 saturated heterocycles. The number of aliphatic hydroxyl groups excluding tert-OH is 1. The Kier molecular flexibility index (Phi) is 3.55. The predicted octanol–water partition coefficient (Wildman–Crippen LogP) is -0.166. The highest BCUT2D eigenvalue weighted by Crippen LogP contribution is 2.63. The van der Waals surface area contributed by atoms with E-state index >= 15 is 0 Å². The van der Waals surface area contributed by atoms with Crippen LogP contribution in [0.1, 0.15) is 23.0 Å². The van der Waals surface area contributed by atoms with E-state index in [-0.39, 0.29) is 18.1 Å². The summed E-state index contributed by atoms with van der Waals surface area (Å²) in [5.41, 5.74) is -1.93. The molecule has 0 unspecified atom stereocenters. The van der Waals surface area contributed by atoms with Gasteiger partial charge in [-0.3, -0.25) is 9.36 Å². The lowest BCUT2D eigenvalue weighted by Crippen LogP contribution is -2.33. The standard InChI is InChI=1S/C18H17N5O5/c24-6-11-17(26)7-18(17,27)16(28-11)23-9-21-12-13(19-8-20-14(12)23)22-15(25)10-4-2-1-3-5-10/h1-5,8-9,11,16,24,26-27H,6-7H2,(H,19,20,22,25)/t11-,16-,17-,18+/m1/s1. The number of hydrogen-bond donors (Lipinski definition) is 4. The molecule has 3 aromatic rings. The minimum absolute atomic E-state index is 0.0816. The van der Waals surface area contributed by atoms with E-state index in [4.69, 9.17) is 4.74 Å². The number of aromatic nitrogens is 4. The molecule has 10 nitrogen and oxygen atoms in total. The van der Waals surface area contributed by atoms with Gasteiger partial charge >= 0.3 is 0 Å². The molecule has 144 valence electrons. The molecule has 1 aliphatic heterocycles. The van der Waals surface area contributed by atoms with Crippen molar-refractivity contribution in [2.75, 3.05) is 11.9 Å². The molecule has 28 heavy (non-hydrogen) atoms. The van der Waals surface area contributed by atoms with Gasteiger partial charge in [0.2, 0.25) is 0 Å². The van der Waals surface area contributed by atoms with Gasteiger partial charge in [-0.2, -0.15) is 0 Å². The topological polar surface area (TPSA) is 143 Å². The first-order valence-electron chi connectivity index (χ1n) is 8.73. The van der Waals surface area contributed by atoms with Crippen LogP contribution in [0.4, 0.5) is 5.82 Å². The Hall–Kier alpha value is -2.92. The van der Waals surface area contributed by atoms with Crippen LogP contribution in [0.3, 0.4) is 0 Å². The number of benzene rings is 1. The Morgan fingerprint density at radius 1 is 1.21 bits per heavy atom. The fraction of sp³-hybridized carbons (Fsp3) is 0.333. The lowest BCUT2D eigenvalue weighted by molar-refractivity contribution is -0.0938. The maximum absolute atomic E-state index is 12.4. The van der Waals surface area contributed by atoms with Crippen LogP contribution in [-0.2, 0) is 4.74 Å². The van der Waals surface area contributed by atoms with Gasteiger partial charge in [-0.1, -0.05) is 18.2 Å². The highest BCUT2D eigenvalue weighted by atomic mass is 16.6. The number of rotatable bonds is 4. The van der Waals surface area contributed by atoms with Crippen LogP contribution < -0.4 is 5.32 Å². The first-order chi connectivity index (χ1) is 13.5. The predicted molar refractivity (Wildman–Crippen MR) is 95.2 cm³/mol. The Morgan fingerprint density at radius 2 is 2.00 bits per heavy atom. The van der Waals surface area contributed by atoms with Crippen molar-refractivity contribution >= 4 is 22.9 Å². The number of hydrogen-bond acceptors (Lipinski definition) is 8. The number of fused-ring (bicyclic) bond motifs is 2. The fourth-order valence-electron chi connectivity index (χ4n) is 3.82.